The van der Waals surface area contributed by atoms with Crippen molar-refractivity contribution < 1.29 is 9.94 Å². The van der Waals surface area contributed by atoms with Crippen LogP contribution in [0.2, 0.25) is 5.28 Å². The SMILES string of the molecule is ONc1nc(Cl)nc2c1ncn2[C@H]1CC[C@@H](P)O1. The van der Waals surface area contributed by atoms with Crippen LogP contribution in [0.4, 0.5) is 5.82 Å². The first-order valence-corrected chi connectivity index (χ1v) is 6.44. The highest BCUT2D eigenvalue weighted by molar-refractivity contribution is 7.17. The number of aromatic nitrogens is 4. The quantitative estimate of drug-likeness (QED) is 0.498. The maximum absolute atomic E-state index is 8.99. The van der Waals surface area contributed by atoms with Crippen molar-refractivity contribution in [3.8, 4) is 0 Å². The van der Waals surface area contributed by atoms with Crippen molar-refractivity contribution in [1.29, 1.82) is 0 Å². The fourth-order valence-electron chi connectivity index (χ4n) is 2.03. The van der Waals surface area contributed by atoms with Crippen LogP contribution < -0.4 is 5.48 Å². The van der Waals surface area contributed by atoms with Gasteiger partial charge in [-0.2, -0.15) is 9.97 Å². The van der Waals surface area contributed by atoms with Gasteiger partial charge in [0.15, 0.2) is 17.0 Å². The molecule has 3 heterocycles. The maximum atomic E-state index is 8.99. The Bertz CT molecular complexity index is 592. The molecule has 3 rings (SSSR count). The van der Waals surface area contributed by atoms with E-state index in [9.17, 15) is 0 Å². The number of ether oxygens (including phenoxy) is 1. The van der Waals surface area contributed by atoms with Gasteiger partial charge in [-0.05, 0) is 24.4 Å². The zero-order valence-electron chi connectivity index (χ0n) is 9.25. The number of fused-ring (bicyclic) bond motifs is 1. The fourth-order valence-corrected chi connectivity index (χ4v) is 2.57. The zero-order chi connectivity index (χ0) is 12.7. The van der Waals surface area contributed by atoms with Gasteiger partial charge in [-0.25, -0.2) is 4.98 Å². The lowest BCUT2D eigenvalue weighted by molar-refractivity contribution is 0.0432. The van der Waals surface area contributed by atoms with Crippen LogP contribution in [0.15, 0.2) is 6.33 Å². The number of hydrogen-bond acceptors (Lipinski definition) is 6. The summed E-state index contributed by atoms with van der Waals surface area (Å²) in [6, 6.07) is 0. The van der Waals surface area contributed by atoms with Gasteiger partial charge in [0.2, 0.25) is 5.28 Å². The van der Waals surface area contributed by atoms with Crippen LogP contribution in [0.3, 0.4) is 0 Å². The van der Waals surface area contributed by atoms with E-state index in [2.05, 4.69) is 24.2 Å². The lowest BCUT2D eigenvalue weighted by Gasteiger charge is -2.13. The average Bonchev–Trinajstić information content (AvgIpc) is 2.93. The van der Waals surface area contributed by atoms with Gasteiger partial charge >= 0.3 is 0 Å². The highest BCUT2D eigenvalue weighted by Crippen LogP contribution is 2.33. The summed E-state index contributed by atoms with van der Waals surface area (Å²) in [5.74, 6) is 0.323. The first kappa shape index (κ1) is 12.0. The van der Waals surface area contributed by atoms with Gasteiger partial charge in [-0.1, -0.05) is 0 Å². The maximum Gasteiger partial charge on any atom is 0.226 e. The van der Waals surface area contributed by atoms with Crippen molar-refractivity contribution in [3.63, 3.8) is 0 Å². The number of imidazole rings is 1. The summed E-state index contributed by atoms with van der Waals surface area (Å²) in [6.07, 6.45) is 3.33. The standard InChI is InChI=1S/C9H11ClN5O2P/c10-9-12-7(14-16)6-8(13-9)15(3-11-6)4-1-2-5(18)17-4/h3-5,16H,1-2,18H2,(H,12,13,14)/t4-,5-/m1/s1. The van der Waals surface area contributed by atoms with Crippen molar-refractivity contribution in [2.45, 2.75) is 24.9 Å². The molecule has 3 atom stereocenters. The second-order valence-electron chi connectivity index (χ2n) is 3.98. The summed E-state index contributed by atoms with van der Waals surface area (Å²) in [4.78, 5) is 12.1. The van der Waals surface area contributed by atoms with Crippen LogP contribution in [0.25, 0.3) is 11.2 Å². The third-order valence-electron chi connectivity index (χ3n) is 2.84. The highest BCUT2D eigenvalue weighted by Gasteiger charge is 2.26. The monoisotopic (exact) mass is 287 g/mol. The minimum atomic E-state index is -0.116. The summed E-state index contributed by atoms with van der Waals surface area (Å²) < 4.78 is 7.53. The van der Waals surface area contributed by atoms with Gasteiger partial charge in [-0.3, -0.25) is 15.3 Å². The van der Waals surface area contributed by atoms with Gasteiger partial charge in [-0.15, -0.1) is 9.24 Å². The fraction of sp³-hybridized carbons (Fsp3) is 0.444. The smallest absolute Gasteiger partial charge is 0.226 e. The van der Waals surface area contributed by atoms with E-state index in [0.717, 1.165) is 12.8 Å². The molecule has 1 unspecified atom stereocenters. The lowest BCUT2D eigenvalue weighted by atomic mass is 10.3. The molecule has 0 aromatic carbocycles. The third kappa shape index (κ3) is 1.93. The van der Waals surface area contributed by atoms with Gasteiger partial charge in [0, 0.05) is 0 Å². The molecule has 2 aromatic heterocycles. The first-order chi connectivity index (χ1) is 8.69. The molecule has 7 nitrogen and oxygen atoms in total. The van der Waals surface area contributed by atoms with Crippen LogP contribution in [-0.2, 0) is 4.74 Å². The van der Waals surface area contributed by atoms with Gasteiger partial charge in [0.05, 0.1) is 12.2 Å². The predicted molar refractivity (Wildman–Crippen MR) is 68.6 cm³/mol. The Morgan fingerprint density at radius 2 is 2.33 bits per heavy atom. The van der Waals surface area contributed by atoms with Crippen molar-refractivity contribution in [2.24, 2.45) is 0 Å². The van der Waals surface area contributed by atoms with Crippen LogP contribution in [0.5, 0.6) is 0 Å². The molecule has 2 N–H and O–H groups in total. The summed E-state index contributed by atoms with van der Waals surface area (Å²) in [6.45, 7) is 0. The summed E-state index contributed by atoms with van der Waals surface area (Å²) in [7, 11) is 2.64. The summed E-state index contributed by atoms with van der Waals surface area (Å²) in [5.41, 5.74) is 2.96. The number of rotatable bonds is 2. The molecule has 1 saturated heterocycles. The van der Waals surface area contributed by atoms with E-state index in [4.69, 9.17) is 21.5 Å². The second-order valence-corrected chi connectivity index (χ2v) is 5.07. The number of halogens is 1. The zero-order valence-corrected chi connectivity index (χ0v) is 11.2. The molecule has 18 heavy (non-hydrogen) atoms. The van der Waals surface area contributed by atoms with Gasteiger partial charge < -0.3 is 4.74 Å². The molecule has 1 fully saturated rings. The highest BCUT2D eigenvalue weighted by atomic mass is 35.5. The van der Waals surface area contributed by atoms with Crippen LogP contribution >= 0.6 is 20.8 Å². The molecule has 0 spiro atoms. The topological polar surface area (TPSA) is 85.1 Å². The minimum Gasteiger partial charge on any atom is -0.351 e. The van der Waals surface area contributed by atoms with Crippen molar-refractivity contribution in [2.75, 3.05) is 5.48 Å². The molecule has 0 aliphatic carbocycles. The molecular weight excluding hydrogens is 277 g/mol. The predicted octanol–water partition coefficient (Wildman–Crippen LogP) is 1.79. The Labute approximate surface area is 110 Å². The van der Waals surface area contributed by atoms with E-state index in [1.165, 1.54) is 0 Å². The number of anilines is 1. The van der Waals surface area contributed by atoms with Crippen LogP contribution in [0, 0.1) is 0 Å². The molecule has 9 heteroatoms. The summed E-state index contributed by atoms with van der Waals surface area (Å²) in [5, 5.41) is 9.04. The molecule has 1 aliphatic heterocycles. The normalized spacial score (nSPS) is 23.7. The number of nitrogens with zero attached hydrogens (tertiary/aromatic N) is 4. The molecule has 2 aromatic rings. The van der Waals surface area contributed by atoms with E-state index >= 15 is 0 Å². The molecule has 96 valence electrons. The Kier molecular flexibility index (Phi) is 3.07. The van der Waals surface area contributed by atoms with Gasteiger partial charge in [0.25, 0.3) is 0 Å². The van der Waals surface area contributed by atoms with E-state index in [1.807, 2.05) is 5.48 Å². The Morgan fingerprint density at radius 3 is 3.00 bits per heavy atom. The van der Waals surface area contributed by atoms with Crippen molar-refractivity contribution >= 4 is 37.8 Å². The number of hydrogen-bond donors (Lipinski definition) is 2. The summed E-state index contributed by atoms with van der Waals surface area (Å²) >= 11 is 5.81. The molecule has 1 aliphatic rings. The molecule has 0 radical (unpaired) electrons. The average molecular weight is 288 g/mol. The van der Waals surface area contributed by atoms with E-state index in [0.29, 0.717) is 11.2 Å². The van der Waals surface area contributed by atoms with Crippen molar-refractivity contribution in [1.82, 2.24) is 19.5 Å². The van der Waals surface area contributed by atoms with Gasteiger partial charge in [0.1, 0.15) is 6.23 Å². The Hall–Kier alpha value is -1.01. The molecule has 0 bridgehead atoms. The van der Waals surface area contributed by atoms with Crippen LogP contribution in [0.1, 0.15) is 19.1 Å². The van der Waals surface area contributed by atoms with Crippen molar-refractivity contribution in [3.05, 3.63) is 11.6 Å². The molecular formula is C9H11ClN5O2P. The largest absolute Gasteiger partial charge is 0.351 e. The van der Waals surface area contributed by atoms with E-state index in [-0.39, 0.29) is 23.2 Å². The lowest BCUT2D eigenvalue weighted by Crippen LogP contribution is -2.08. The number of nitrogens with one attached hydrogen (secondary N) is 1. The first-order valence-electron chi connectivity index (χ1n) is 5.40. The second kappa shape index (κ2) is 4.59. The van der Waals surface area contributed by atoms with Crippen LogP contribution in [-0.4, -0.2) is 30.6 Å². The van der Waals surface area contributed by atoms with E-state index in [1.54, 1.807) is 10.9 Å². The third-order valence-corrected chi connectivity index (χ3v) is 3.50. The molecule has 0 saturated carbocycles. The Balaban J connectivity index is 2.11. The Morgan fingerprint density at radius 1 is 1.50 bits per heavy atom. The molecule has 0 amide bonds. The minimum absolute atomic E-state index is 0.0428. The van der Waals surface area contributed by atoms with E-state index < -0.39 is 0 Å².